The van der Waals surface area contributed by atoms with Gasteiger partial charge < -0.3 is 9.73 Å². The zero-order chi connectivity index (χ0) is 23.4. The number of fused-ring (bicyclic) bond motifs is 2. The Labute approximate surface area is 188 Å². The molecule has 172 valence electrons. The molecule has 0 unspecified atom stereocenters. The van der Waals surface area contributed by atoms with Gasteiger partial charge in [-0.2, -0.15) is 8.78 Å². The van der Waals surface area contributed by atoms with E-state index in [9.17, 15) is 26.4 Å². The number of hydrogen-bond acceptors (Lipinski definition) is 7. The van der Waals surface area contributed by atoms with E-state index >= 15 is 0 Å². The van der Waals surface area contributed by atoms with Gasteiger partial charge in [-0.05, 0) is 11.1 Å². The van der Waals surface area contributed by atoms with Gasteiger partial charge in [0, 0.05) is 35.8 Å². The molecule has 0 spiro atoms. The van der Waals surface area contributed by atoms with E-state index in [2.05, 4.69) is 15.0 Å². The van der Waals surface area contributed by atoms with Gasteiger partial charge in [-0.15, -0.1) is 11.3 Å². The number of aromatic nitrogens is 2. The molecule has 2 aromatic carbocycles. The van der Waals surface area contributed by atoms with Crippen LogP contribution in [-0.4, -0.2) is 24.5 Å². The van der Waals surface area contributed by atoms with Crippen LogP contribution in [0, 0.1) is 5.82 Å². The van der Waals surface area contributed by atoms with Crippen molar-refractivity contribution in [2.24, 2.45) is 0 Å². The smallest absolute Gasteiger partial charge is 0.408 e. The van der Waals surface area contributed by atoms with Crippen LogP contribution in [0.25, 0.3) is 11.1 Å². The molecule has 2 aromatic heterocycles. The van der Waals surface area contributed by atoms with Crippen LogP contribution >= 0.6 is 11.3 Å². The number of rotatable bonds is 5. The van der Waals surface area contributed by atoms with Gasteiger partial charge in [-0.3, -0.25) is 9.29 Å². The van der Waals surface area contributed by atoms with Gasteiger partial charge in [0.15, 0.2) is 10.7 Å². The molecule has 8 nitrogen and oxygen atoms in total. The number of nitrogens with one attached hydrogen (secondary N) is 2. The highest BCUT2D eigenvalue weighted by Gasteiger charge is 2.37. The van der Waals surface area contributed by atoms with Gasteiger partial charge in [-0.25, -0.2) is 22.6 Å². The Morgan fingerprint density at radius 2 is 2.12 bits per heavy atom. The number of nitrogens with zero attached hydrogens (tertiary/aromatic N) is 2. The average molecular weight is 496 g/mol. The second-order valence-corrected chi connectivity index (χ2v) is 9.94. The number of sulfonamides is 1. The van der Waals surface area contributed by atoms with Gasteiger partial charge in [0.25, 0.3) is 15.9 Å². The summed E-state index contributed by atoms with van der Waals surface area (Å²) in [5.41, 5.74) is 0.495. The summed E-state index contributed by atoms with van der Waals surface area (Å²) in [6, 6.07) is 6.19. The molecule has 1 aliphatic rings. The van der Waals surface area contributed by atoms with Gasteiger partial charge >= 0.3 is 5.76 Å². The van der Waals surface area contributed by atoms with Crippen LogP contribution < -0.4 is 15.8 Å². The fraction of sp³-hybridized carbons (Fsp3) is 0.200. The van der Waals surface area contributed by atoms with Crippen molar-refractivity contribution in [2.45, 2.75) is 23.9 Å². The number of hydrogen-bond donors (Lipinski definition) is 2. The minimum absolute atomic E-state index is 0.00108. The number of anilines is 1. The summed E-state index contributed by atoms with van der Waals surface area (Å²) in [5.74, 6) is -5.04. The van der Waals surface area contributed by atoms with E-state index in [4.69, 9.17) is 4.42 Å². The van der Waals surface area contributed by atoms with Crippen molar-refractivity contribution in [1.29, 1.82) is 0 Å². The maximum Gasteiger partial charge on any atom is 0.420 e. The molecule has 0 amide bonds. The molecule has 0 bridgehead atoms. The van der Waals surface area contributed by atoms with E-state index < -0.39 is 39.0 Å². The van der Waals surface area contributed by atoms with E-state index in [1.54, 1.807) is 11.4 Å². The Morgan fingerprint density at radius 1 is 1.30 bits per heavy atom. The molecule has 4 aromatic rings. The summed E-state index contributed by atoms with van der Waals surface area (Å²) in [6.45, 7) is -0.462. The van der Waals surface area contributed by atoms with E-state index in [1.807, 2.05) is 0 Å². The van der Waals surface area contributed by atoms with Crippen LogP contribution in [0.4, 0.5) is 18.3 Å². The zero-order valence-corrected chi connectivity index (χ0v) is 18.3. The van der Waals surface area contributed by atoms with Crippen LogP contribution in [0.5, 0.6) is 0 Å². The monoisotopic (exact) mass is 496 g/mol. The summed E-state index contributed by atoms with van der Waals surface area (Å²) in [4.78, 5) is 15.6. The topological polar surface area (TPSA) is 106 Å². The summed E-state index contributed by atoms with van der Waals surface area (Å²) in [5, 5.41) is 4.25. The van der Waals surface area contributed by atoms with Crippen molar-refractivity contribution in [3.63, 3.8) is 0 Å². The predicted molar refractivity (Wildman–Crippen MR) is 114 cm³/mol. The van der Waals surface area contributed by atoms with Crippen LogP contribution in [0.1, 0.15) is 16.7 Å². The lowest BCUT2D eigenvalue weighted by atomic mass is 9.93. The number of halogens is 3. The normalized spacial score (nSPS) is 15.5. The third-order valence-corrected chi connectivity index (χ3v) is 7.48. The van der Waals surface area contributed by atoms with Crippen molar-refractivity contribution in [3.8, 4) is 0 Å². The van der Waals surface area contributed by atoms with E-state index in [1.165, 1.54) is 18.3 Å². The van der Waals surface area contributed by atoms with Crippen molar-refractivity contribution in [3.05, 3.63) is 75.0 Å². The number of oxazole rings is 1. The second kappa shape index (κ2) is 7.71. The molecule has 0 saturated carbocycles. The van der Waals surface area contributed by atoms with Crippen molar-refractivity contribution in [1.82, 2.24) is 14.9 Å². The Bertz CT molecular complexity index is 1530. The van der Waals surface area contributed by atoms with Crippen molar-refractivity contribution >= 4 is 37.6 Å². The fourth-order valence-electron chi connectivity index (χ4n) is 3.81. The highest BCUT2D eigenvalue weighted by Crippen LogP contribution is 2.35. The molecule has 0 saturated heterocycles. The average Bonchev–Trinajstić information content (AvgIpc) is 3.35. The lowest BCUT2D eigenvalue weighted by Gasteiger charge is -2.27. The predicted octanol–water partition coefficient (Wildman–Crippen LogP) is 3.23. The van der Waals surface area contributed by atoms with Gasteiger partial charge in [-0.1, -0.05) is 18.2 Å². The first-order chi connectivity index (χ1) is 15.7. The Balaban J connectivity index is 1.56. The third kappa shape index (κ3) is 3.81. The summed E-state index contributed by atoms with van der Waals surface area (Å²) in [7, 11) is -4.33. The largest absolute Gasteiger partial charge is 0.420 e. The SMILES string of the molecule is O=c1oc2cc(S(=O)(=O)Nc3nccs3)c(F)cc2n1Cc1cccc2c1CNCC2(F)F. The van der Waals surface area contributed by atoms with Crippen molar-refractivity contribution in [2.75, 3.05) is 11.3 Å². The van der Waals surface area contributed by atoms with Gasteiger partial charge in [0.05, 0.1) is 18.6 Å². The molecule has 1 aliphatic heterocycles. The maximum absolute atomic E-state index is 14.8. The minimum Gasteiger partial charge on any atom is -0.408 e. The van der Waals surface area contributed by atoms with E-state index in [0.29, 0.717) is 11.1 Å². The lowest BCUT2D eigenvalue weighted by Crippen LogP contribution is -2.37. The number of benzene rings is 2. The standard InChI is InChI=1S/C20H15F3N4O4S2/c21-14-6-15-16(7-17(14)33(29,30)26-18-25-4-5-32-18)31-19(28)27(15)9-11-2-1-3-13-12(11)8-24-10-20(13,22)23/h1-7,24H,8-10H2,(H,25,26). The Hall–Kier alpha value is -3.16. The van der Waals surface area contributed by atoms with Crippen LogP contribution in [0.2, 0.25) is 0 Å². The Morgan fingerprint density at radius 3 is 2.88 bits per heavy atom. The highest BCUT2D eigenvalue weighted by molar-refractivity contribution is 7.93. The fourth-order valence-corrected chi connectivity index (χ4v) is 5.67. The molecular formula is C20H15F3N4O4S2. The molecule has 5 rings (SSSR count). The molecule has 0 fully saturated rings. The summed E-state index contributed by atoms with van der Waals surface area (Å²) in [6.07, 6.45) is 1.38. The lowest BCUT2D eigenvalue weighted by molar-refractivity contribution is -0.0109. The second-order valence-electron chi connectivity index (χ2n) is 7.40. The minimum atomic E-state index is -4.33. The first-order valence-corrected chi connectivity index (χ1v) is 12.0. The van der Waals surface area contributed by atoms with Crippen molar-refractivity contribution < 1.29 is 26.0 Å². The Kier molecular flexibility index (Phi) is 5.06. The first-order valence-electron chi connectivity index (χ1n) is 9.61. The number of alkyl halides is 2. The molecule has 33 heavy (non-hydrogen) atoms. The molecule has 2 N–H and O–H groups in total. The van der Waals surface area contributed by atoms with E-state index in [0.717, 1.165) is 28.0 Å². The molecule has 0 radical (unpaired) electrons. The quantitative estimate of drug-likeness (QED) is 0.440. The maximum atomic E-state index is 14.8. The molecule has 0 atom stereocenters. The van der Waals surface area contributed by atoms with Crippen LogP contribution in [-0.2, 0) is 29.0 Å². The number of thiazole rings is 1. The first kappa shape index (κ1) is 21.7. The molecule has 3 heterocycles. The summed E-state index contributed by atoms with van der Waals surface area (Å²) >= 11 is 1.01. The highest BCUT2D eigenvalue weighted by atomic mass is 32.2. The van der Waals surface area contributed by atoms with Gasteiger partial charge in [0.2, 0.25) is 0 Å². The zero-order valence-electron chi connectivity index (χ0n) is 16.6. The van der Waals surface area contributed by atoms with Crippen LogP contribution in [0.3, 0.4) is 0 Å². The van der Waals surface area contributed by atoms with Crippen LogP contribution in [0.15, 0.2) is 56.0 Å². The molecular weight excluding hydrogens is 481 g/mol. The van der Waals surface area contributed by atoms with Gasteiger partial charge in [0.1, 0.15) is 10.7 Å². The molecule has 13 heteroatoms. The third-order valence-electron chi connectivity index (χ3n) is 5.31. The summed E-state index contributed by atoms with van der Waals surface area (Å²) < 4.78 is 76.9. The van der Waals surface area contributed by atoms with E-state index in [-0.39, 0.29) is 34.9 Å². The molecule has 0 aliphatic carbocycles.